The number of rotatable bonds is 4. The third kappa shape index (κ3) is 2.50. The van der Waals surface area contributed by atoms with Crippen LogP contribution in [0.15, 0.2) is 42.6 Å². The summed E-state index contributed by atoms with van der Waals surface area (Å²) < 4.78 is 0. The van der Waals surface area contributed by atoms with Crippen molar-refractivity contribution in [3.63, 3.8) is 0 Å². The lowest BCUT2D eigenvalue weighted by Crippen LogP contribution is -2.17. The standard InChI is InChI=1S/C15H19N3/c1-2-11-18(10-1)15-7-5-13(6-8-15)17-12-14-4-3-9-16-14/h3-9,16-17H,1-2,10-12H2. The van der Waals surface area contributed by atoms with E-state index in [4.69, 9.17) is 0 Å². The molecule has 0 radical (unpaired) electrons. The lowest BCUT2D eigenvalue weighted by Gasteiger charge is -2.17. The maximum Gasteiger partial charge on any atom is 0.0551 e. The van der Waals surface area contributed by atoms with Crippen LogP contribution >= 0.6 is 0 Å². The molecule has 0 spiro atoms. The van der Waals surface area contributed by atoms with Gasteiger partial charge in [-0.3, -0.25) is 0 Å². The van der Waals surface area contributed by atoms with Gasteiger partial charge >= 0.3 is 0 Å². The molecule has 1 fully saturated rings. The van der Waals surface area contributed by atoms with Gasteiger partial charge in [0.25, 0.3) is 0 Å². The molecule has 1 aliphatic rings. The van der Waals surface area contributed by atoms with Crippen LogP contribution in [0.3, 0.4) is 0 Å². The number of hydrogen-bond acceptors (Lipinski definition) is 2. The van der Waals surface area contributed by atoms with Gasteiger partial charge in [-0.05, 0) is 49.2 Å². The number of hydrogen-bond donors (Lipinski definition) is 2. The summed E-state index contributed by atoms with van der Waals surface area (Å²) in [6.07, 6.45) is 4.60. The van der Waals surface area contributed by atoms with Crippen LogP contribution in [0.1, 0.15) is 18.5 Å². The van der Waals surface area contributed by atoms with E-state index in [2.05, 4.69) is 45.5 Å². The minimum absolute atomic E-state index is 0.843. The fraction of sp³-hybridized carbons (Fsp3) is 0.333. The van der Waals surface area contributed by atoms with Crippen LogP contribution in [-0.4, -0.2) is 18.1 Å². The molecular formula is C15H19N3. The number of benzene rings is 1. The Balaban J connectivity index is 1.60. The summed E-state index contributed by atoms with van der Waals surface area (Å²) in [6, 6.07) is 12.9. The summed E-state index contributed by atoms with van der Waals surface area (Å²) in [5, 5.41) is 3.42. The van der Waals surface area contributed by atoms with Crippen LogP contribution in [0.2, 0.25) is 0 Å². The molecule has 1 aliphatic heterocycles. The summed E-state index contributed by atoms with van der Waals surface area (Å²) in [4.78, 5) is 5.65. The molecule has 2 N–H and O–H groups in total. The number of nitrogens with zero attached hydrogens (tertiary/aromatic N) is 1. The van der Waals surface area contributed by atoms with Crippen molar-refractivity contribution in [3.8, 4) is 0 Å². The van der Waals surface area contributed by atoms with E-state index in [1.54, 1.807) is 0 Å². The monoisotopic (exact) mass is 241 g/mol. The Morgan fingerprint density at radius 3 is 2.50 bits per heavy atom. The maximum absolute atomic E-state index is 3.42. The zero-order chi connectivity index (χ0) is 12.2. The minimum atomic E-state index is 0.843. The first kappa shape index (κ1) is 11.2. The number of anilines is 2. The first-order valence-corrected chi connectivity index (χ1v) is 6.63. The van der Waals surface area contributed by atoms with E-state index in [9.17, 15) is 0 Å². The van der Waals surface area contributed by atoms with Crippen molar-refractivity contribution in [2.75, 3.05) is 23.3 Å². The molecule has 1 saturated heterocycles. The van der Waals surface area contributed by atoms with Crippen molar-refractivity contribution in [1.82, 2.24) is 4.98 Å². The van der Waals surface area contributed by atoms with Gasteiger partial charge in [0.1, 0.15) is 0 Å². The third-order valence-electron chi connectivity index (χ3n) is 3.48. The lowest BCUT2D eigenvalue weighted by molar-refractivity contribution is 0.949. The molecule has 0 unspecified atom stereocenters. The third-order valence-corrected chi connectivity index (χ3v) is 3.48. The van der Waals surface area contributed by atoms with Crippen molar-refractivity contribution >= 4 is 11.4 Å². The average molecular weight is 241 g/mol. The van der Waals surface area contributed by atoms with Gasteiger partial charge in [0.15, 0.2) is 0 Å². The lowest BCUT2D eigenvalue weighted by atomic mass is 10.2. The SMILES string of the molecule is c1c[nH]c(CNc2ccc(N3CCCC3)cc2)c1. The van der Waals surface area contributed by atoms with E-state index in [0.29, 0.717) is 0 Å². The molecule has 94 valence electrons. The van der Waals surface area contributed by atoms with Crippen molar-refractivity contribution in [2.45, 2.75) is 19.4 Å². The van der Waals surface area contributed by atoms with E-state index in [-0.39, 0.29) is 0 Å². The van der Waals surface area contributed by atoms with Gasteiger partial charge in [0.05, 0.1) is 6.54 Å². The van der Waals surface area contributed by atoms with E-state index in [1.165, 1.54) is 43.0 Å². The van der Waals surface area contributed by atoms with Gasteiger partial charge in [0, 0.05) is 36.4 Å². The highest BCUT2D eigenvalue weighted by atomic mass is 15.1. The van der Waals surface area contributed by atoms with E-state index in [1.807, 2.05) is 12.3 Å². The maximum atomic E-state index is 3.42. The highest BCUT2D eigenvalue weighted by Gasteiger charge is 2.11. The predicted molar refractivity (Wildman–Crippen MR) is 76.0 cm³/mol. The second-order valence-electron chi connectivity index (χ2n) is 4.79. The van der Waals surface area contributed by atoms with Gasteiger partial charge < -0.3 is 15.2 Å². The minimum Gasteiger partial charge on any atom is -0.379 e. The summed E-state index contributed by atoms with van der Waals surface area (Å²) in [7, 11) is 0. The molecule has 0 saturated carbocycles. The smallest absolute Gasteiger partial charge is 0.0551 e. The Bertz CT molecular complexity index is 467. The number of nitrogens with one attached hydrogen (secondary N) is 2. The zero-order valence-electron chi connectivity index (χ0n) is 10.5. The molecule has 3 rings (SSSR count). The van der Waals surface area contributed by atoms with Gasteiger partial charge in [-0.2, -0.15) is 0 Å². The van der Waals surface area contributed by atoms with Gasteiger partial charge in [0.2, 0.25) is 0 Å². The fourth-order valence-electron chi connectivity index (χ4n) is 2.44. The Morgan fingerprint density at radius 1 is 1.06 bits per heavy atom. The molecule has 0 aliphatic carbocycles. The Kier molecular flexibility index (Phi) is 3.22. The van der Waals surface area contributed by atoms with Crippen LogP contribution in [0, 0.1) is 0 Å². The molecule has 0 atom stereocenters. The summed E-state index contributed by atoms with van der Waals surface area (Å²) in [6.45, 7) is 3.25. The molecule has 2 heterocycles. The normalized spacial score (nSPS) is 15.0. The topological polar surface area (TPSA) is 31.1 Å². The Hall–Kier alpha value is -1.90. The van der Waals surface area contributed by atoms with Crippen LogP contribution < -0.4 is 10.2 Å². The van der Waals surface area contributed by atoms with Gasteiger partial charge in [-0.15, -0.1) is 0 Å². The highest BCUT2D eigenvalue weighted by molar-refractivity contribution is 5.55. The number of aromatic amines is 1. The summed E-state index contributed by atoms with van der Waals surface area (Å²) in [5.41, 5.74) is 3.73. The average Bonchev–Trinajstić information content (AvgIpc) is 3.10. The Morgan fingerprint density at radius 2 is 1.83 bits per heavy atom. The number of aromatic nitrogens is 1. The second-order valence-corrected chi connectivity index (χ2v) is 4.79. The molecule has 1 aromatic carbocycles. The van der Waals surface area contributed by atoms with E-state index < -0.39 is 0 Å². The largest absolute Gasteiger partial charge is 0.379 e. The van der Waals surface area contributed by atoms with Crippen LogP contribution in [0.25, 0.3) is 0 Å². The van der Waals surface area contributed by atoms with Gasteiger partial charge in [-0.25, -0.2) is 0 Å². The Labute approximate surface area is 108 Å². The van der Waals surface area contributed by atoms with Crippen molar-refractivity contribution in [3.05, 3.63) is 48.3 Å². The van der Waals surface area contributed by atoms with Crippen LogP contribution in [-0.2, 0) is 6.54 Å². The predicted octanol–water partition coefficient (Wildman–Crippen LogP) is 3.23. The van der Waals surface area contributed by atoms with Gasteiger partial charge in [-0.1, -0.05) is 0 Å². The second kappa shape index (κ2) is 5.17. The van der Waals surface area contributed by atoms with Crippen LogP contribution in [0.4, 0.5) is 11.4 Å². The van der Waals surface area contributed by atoms with Crippen molar-refractivity contribution in [1.29, 1.82) is 0 Å². The number of H-pyrrole nitrogens is 1. The zero-order valence-corrected chi connectivity index (χ0v) is 10.5. The molecule has 0 bridgehead atoms. The summed E-state index contributed by atoms with van der Waals surface area (Å²) in [5.74, 6) is 0. The molecule has 3 heteroatoms. The molecule has 1 aromatic heterocycles. The molecule has 0 amide bonds. The van der Waals surface area contributed by atoms with E-state index >= 15 is 0 Å². The van der Waals surface area contributed by atoms with Crippen molar-refractivity contribution < 1.29 is 0 Å². The van der Waals surface area contributed by atoms with Crippen molar-refractivity contribution in [2.24, 2.45) is 0 Å². The quantitative estimate of drug-likeness (QED) is 0.861. The summed E-state index contributed by atoms with van der Waals surface area (Å²) >= 11 is 0. The molecule has 18 heavy (non-hydrogen) atoms. The first-order valence-electron chi connectivity index (χ1n) is 6.63. The highest BCUT2D eigenvalue weighted by Crippen LogP contribution is 2.22. The molecule has 3 nitrogen and oxygen atoms in total. The molecule has 2 aromatic rings. The first-order chi connectivity index (χ1) is 8.92. The molecular weight excluding hydrogens is 222 g/mol. The fourth-order valence-corrected chi connectivity index (χ4v) is 2.44. The van der Waals surface area contributed by atoms with Crippen LogP contribution in [0.5, 0.6) is 0 Å². The van der Waals surface area contributed by atoms with E-state index in [0.717, 1.165) is 6.54 Å².